The van der Waals surface area contributed by atoms with Crippen LogP contribution in [0.3, 0.4) is 0 Å². The van der Waals surface area contributed by atoms with Crippen LogP contribution in [0.25, 0.3) is 0 Å². The van der Waals surface area contributed by atoms with Gasteiger partial charge in [0.15, 0.2) is 0 Å². The maximum Gasteiger partial charge on any atom is 0.220 e. The summed E-state index contributed by atoms with van der Waals surface area (Å²) in [5.41, 5.74) is 4.98. The van der Waals surface area contributed by atoms with Gasteiger partial charge in [-0.2, -0.15) is 0 Å². The second kappa shape index (κ2) is 9.02. The predicted octanol–water partition coefficient (Wildman–Crippen LogP) is -2.24. The van der Waals surface area contributed by atoms with E-state index in [0.29, 0.717) is 6.42 Å². The zero-order chi connectivity index (χ0) is 11.8. The van der Waals surface area contributed by atoms with Crippen LogP contribution >= 0.6 is 0 Å². The van der Waals surface area contributed by atoms with Crippen molar-refractivity contribution in [1.29, 1.82) is 0 Å². The molecule has 0 aliphatic rings. The molecule has 0 saturated carbocycles. The molecule has 1 aromatic carbocycles. The van der Waals surface area contributed by atoms with E-state index in [1.165, 1.54) is 5.56 Å². The fourth-order valence-corrected chi connectivity index (χ4v) is 1.65. The first-order chi connectivity index (χ1) is 7.72. The van der Waals surface area contributed by atoms with Crippen molar-refractivity contribution >= 4 is 5.91 Å². The van der Waals surface area contributed by atoms with Crippen LogP contribution in [-0.2, 0) is 11.2 Å². The van der Waals surface area contributed by atoms with Crippen molar-refractivity contribution in [3.05, 3.63) is 35.9 Å². The summed E-state index contributed by atoms with van der Waals surface area (Å²) in [6.07, 6.45) is 2.34. The first-order valence-corrected chi connectivity index (χ1v) is 5.85. The van der Waals surface area contributed by atoms with Gasteiger partial charge in [-0.3, -0.25) is 4.79 Å². The maximum atomic E-state index is 11.5. The van der Waals surface area contributed by atoms with Gasteiger partial charge in [-0.25, -0.2) is 0 Å². The standard InChI is InChI=1S/C13H20N2O.ClH/c1-11(15-13(16)8-5-9-14)10-12-6-3-2-4-7-12;/h2-4,6-7,11H,5,8-10,14H2,1H3,(H,15,16);1H. The fraction of sp³-hybridized carbons (Fsp3) is 0.462. The van der Waals surface area contributed by atoms with Gasteiger partial charge < -0.3 is 23.5 Å². The largest absolute Gasteiger partial charge is 1.00 e. The lowest BCUT2D eigenvalue weighted by Crippen LogP contribution is -3.00. The number of quaternary nitrogens is 1. The number of rotatable bonds is 6. The van der Waals surface area contributed by atoms with Crippen molar-refractivity contribution < 1.29 is 22.9 Å². The van der Waals surface area contributed by atoms with E-state index < -0.39 is 0 Å². The number of nitrogens with one attached hydrogen (secondary N) is 1. The summed E-state index contributed by atoms with van der Waals surface area (Å²) in [5, 5.41) is 3.00. The van der Waals surface area contributed by atoms with E-state index in [1.54, 1.807) is 0 Å². The zero-order valence-corrected chi connectivity index (χ0v) is 11.0. The molecule has 1 amide bonds. The van der Waals surface area contributed by atoms with Gasteiger partial charge >= 0.3 is 0 Å². The highest BCUT2D eigenvalue weighted by Gasteiger charge is 2.07. The second-order valence-electron chi connectivity index (χ2n) is 4.12. The van der Waals surface area contributed by atoms with Crippen LogP contribution in [0.2, 0.25) is 0 Å². The van der Waals surface area contributed by atoms with Crippen LogP contribution < -0.4 is 23.5 Å². The van der Waals surface area contributed by atoms with Crippen molar-refractivity contribution in [3.63, 3.8) is 0 Å². The first-order valence-electron chi connectivity index (χ1n) is 5.85. The quantitative estimate of drug-likeness (QED) is 0.594. The Morgan fingerprint density at radius 3 is 2.59 bits per heavy atom. The number of benzene rings is 1. The summed E-state index contributed by atoms with van der Waals surface area (Å²) in [4.78, 5) is 11.5. The highest BCUT2D eigenvalue weighted by atomic mass is 35.5. The number of carbonyl (C=O) groups is 1. The van der Waals surface area contributed by atoms with Gasteiger partial charge in [0.05, 0.1) is 6.54 Å². The van der Waals surface area contributed by atoms with Gasteiger partial charge in [-0.15, -0.1) is 0 Å². The molecule has 17 heavy (non-hydrogen) atoms. The molecular formula is C13H21ClN2O. The Morgan fingerprint density at radius 2 is 2.00 bits per heavy atom. The molecule has 0 fully saturated rings. The van der Waals surface area contributed by atoms with Crippen LogP contribution in [0.1, 0.15) is 25.3 Å². The Hall–Kier alpha value is -1.06. The van der Waals surface area contributed by atoms with Crippen molar-refractivity contribution in [3.8, 4) is 0 Å². The zero-order valence-electron chi connectivity index (χ0n) is 10.3. The Kier molecular flexibility index (Phi) is 8.46. The summed E-state index contributed by atoms with van der Waals surface area (Å²) in [6.45, 7) is 2.86. The minimum atomic E-state index is 0. The molecule has 1 aromatic rings. The van der Waals surface area contributed by atoms with E-state index >= 15 is 0 Å². The number of hydrogen-bond donors (Lipinski definition) is 2. The van der Waals surface area contributed by atoms with Crippen LogP contribution in [0.4, 0.5) is 0 Å². The summed E-state index contributed by atoms with van der Waals surface area (Å²) >= 11 is 0. The molecule has 96 valence electrons. The van der Waals surface area contributed by atoms with Crippen molar-refractivity contribution in [2.24, 2.45) is 0 Å². The van der Waals surface area contributed by atoms with E-state index in [4.69, 9.17) is 0 Å². The SMILES string of the molecule is CC(Cc1ccccc1)NC(=O)CCC[NH3+].[Cl-]. The maximum absolute atomic E-state index is 11.5. The highest BCUT2D eigenvalue weighted by molar-refractivity contribution is 5.76. The topological polar surface area (TPSA) is 56.7 Å². The minimum Gasteiger partial charge on any atom is -1.00 e. The van der Waals surface area contributed by atoms with Crippen molar-refractivity contribution in [2.45, 2.75) is 32.2 Å². The average molecular weight is 257 g/mol. The fourth-order valence-electron chi connectivity index (χ4n) is 1.65. The molecule has 0 heterocycles. The number of hydrogen-bond acceptors (Lipinski definition) is 1. The molecule has 1 rings (SSSR count). The van der Waals surface area contributed by atoms with Gasteiger partial charge in [0.1, 0.15) is 0 Å². The Balaban J connectivity index is 0.00000256. The Labute approximate surface area is 109 Å². The molecule has 0 aliphatic heterocycles. The Morgan fingerprint density at radius 1 is 1.35 bits per heavy atom. The van der Waals surface area contributed by atoms with E-state index in [0.717, 1.165) is 19.4 Å². The van der Waals surface area contributed by atoms with Gasteiger partial charge in [-0.1, -0.05) is 30.3 Å². The average Bonchev–Trinajstić information content (AvgIpc) is 2.27. The van der Waals surface area contributed by atoms with Gasteiger partial charge in [-0.05, 0) is 18.9 Å². The third-order valence-corrected chi connectivity index (χ3v) is 2.45. The van der Waals surface area contributed by atoms with Gasteiger partial charge in [0, 0.05) is 18.9 Å². The highest BCUT2D eigenvalue weighted by Crippen LogP contribution is 2.02. The summed E-state index contributed by atoms with van der Waals surface area (Å²) in [5.74, 6) is 0.132. The van der Waals surface area contributed by atoms with Crippen LogP contribution in [0.5, 0.6) is 0 Å². The molecule has 0 bridgehead atoms. The van der Waals surface area contributed by atoms with E-state index in [1.807, 2.05) is 25.1 Å². The van der Waals surface area contributed by atoms with Gasteiger partial charge in [0.2, 0.25) is 5.91 Å². The molecule has 0 radical (unpaired) electrons. The molecule has 1 unspecified atom stereocenters. The van der Waals surface area contributed by atoms with Crippen LogP contribution in [0, 0.1) is 0 Å². The molecule has 4 heteroatoms. The molecule has 3 nitrogen and oxygen atoms in total. The third-order valence-electron chi connectivity index (χ3n) is 2.45. The molecule has 4 N–H and O–H groups in total. The molecule has 0 aliphatic carbocycles. The first kappa shape index (κ1) is 15.9. The van der Waals surface area contributed by atoms with Crippen molar-refractivity contribution in [2.75, 3.05) is 6.54 Å². The van der Waals surface area contributed by atoms with Gasteiger partial charge in [0.25, 0.3) is 0 Å². The molecule has 0 spiro atoms. The van der Waals surface area contributed by atoms with E-state index in [-0.39, 0.29) is 24.4 Å². The molecule has 0 aromatic heterocycles. The lowest BCUT2D eigenvalue weighted by molar-refractivity contribution is -0.368. The van der Waals surface area contributed by atoms with Crippen molar-refractivity contribution in [1.82, 2.24) is 5.32 Å². The summed E-state index contributed by atoms with van der Waals surface area (Å²) in [6, 6.07) is 10.4. The lowest BCUT2D eigenvalue weighted by Gasteiger charge is -2.13. The number of halogens is 1. The molecule has 0 saturated heterocycles. The lowest BCUT2D eigenvalue weighted by atomic mass is 10.1. The smallest absolute Gasteiger partial charge is 0.220 e. The molecular weight excluding hydrogens is 236 g/mol. The van der Waals surface area contributed by atoms with E-state index in [2.05, 4.69) is 23.2 Å². The monoisotopic (exact) mass is 256 g/mol. The van der Waals surface area contributed by atoms with Crippen LogP contribution in [0.15, 0.2) is 30.3 Å². The number of carbonyl (C=O) groups excluding carboxylic acids is 1. The minimum absolute atomic E-state index is 0. The summed E-state index contributed by atoms with van der Waals surface area (Å²) < 4.78 is 0. The third kappa shape index (κ3) is 6.97. The van der Waals surface area contributed by atoms with E-state index in [9.17, 15) is 4.79 Å². The Bertz CT molecular complexity index is 316. The molecule has 1 atom stereocenters. The number of amides is 1. The summed E-state index contributed by atoms with van der Waals surface area (Å²) in [7, 11) is 0. The normalized spacial score (nSPS) is 11.4. The predicted molar refractivity (Wildman–Crippen MR) is 64.7 cm³/mol. The second-order valence-corrected chi connectivity index (χ2v) is 4.12. The van der Waals surface area contributed by atoms with Crippen LogP contribution in [-0.4, -0.2) is 18.5 Å².